The van der Waals surface area contributed by atoms with E-state index in [0.717, 1.165) is 19.4 Å². The molecule has 1 rings (SSSR count). The number of carbonyl (C=O) groups is 2. The van der Waals surface area contributed by atoms with Crippen LogP contribution in [0.1, 0.15) is 47.0 Å². The van der Waals surface area contributed by atoms with Gasteiger partial charge in [0.15, 0.2) is 0 Å². The van der Waals surface area contributed by atoms with Crippen LogP contribution in [0.3, 0.4) is 0 Å². The average molecular weight is 257 g/mol. The molecule has 1 aliphatic heterocycles. The van der Waals surface area contributed by atoms with Crippen LogP contribution in [0.2, 0.25) is 0 Å². The number of nitrogens with two attached hydrogens (primary N) is 1. The molecule has 0 aliphatic carbocycles. The van der Waals surface area contributed by atoms with E-state index < -0.39 is 6.04 Å². The van der Waals surface area contributed by atoms with Crippen LogP contribution < -0.4 is 11.1 Å². The Morgan fingerprint density at radius 3 is 2.44 bits per heavy atom. The lowest BCUT2D eigenvalue weighted by Crippen LogP contribution is -2.49. The van der Waals surface area contributed by atoms with Crippen molar-refractivity contribution in [1.29, 1.82) is 0 Å². The largest absolute Gasteiger partial charge is 0.345 e. The second-order valence-electron chi connectivity index (χ2n) is 4.69. The fraction of sp³-hybridized carbons (Fsp3) is 0.846. The van der Waals surface area contributed by atoms with Crippen molar-refractivity contribution in [2.75, 3.05) is 13.1 Å². The van der Waals surface area contributed by atoms with Crippen LogP contribution in [0.5, 0.6) is 0 Å². The van der Waals surface area contributed by atoms with Crippen LogP contribution in [0.15, 0.2) is 0 Å². The third-order valence-corrected chi connectivity index (χ3v) is 2.72. The lowest BCUT2D eigenvalue weighted by Gasteiger charge is -2.26. The summed E-state index contributed by atoms with van der Waals surface area (Å²) >= 11 is 0. The zero-order valence-electron chi connectivity index (χ0n) is 12.0. The fourth-order valence-electron chi connectivity index (χ4n) is 1.99. The zero-order chi connectivity index (χ0) is 14.1. The maximum Gasteiger partial charge on any atom is 0.245 e. The fourth-order valence-corrected chi connectivity index (χ4v) is 1.99. The Labute approximate surface area is 110 Å². The van der Waals surface area contributed by atoms with Crippen LogP contribution in [-0.4, -0.2) is 41.9 Å². The van der Waals surface area contributed by atoms with Gasteiger partial charge in [-0.05, 0) is 19.8 Å². The van der Waals surface area contributed by atoms with Crippen LogP contribution in [0.4, 0.5) is 0 Å². The van der Waals surface area contributed by atoms with Crippen molar-refractivity contribution in [2.24, 2.45) is 5.73 Å². The molecular weight excluding hydrogens is 230 g/mol. The van der Waals surface area contributed by atoms with Crippen molar-refractivity contribution in [2.45, 2.75) is 59.0 Å². The number of nitrogens with zero attached hydrogens (tertiary/aromatic N) is 1. The Kier molecular flexibility index (Phi) is 8.37. The summed E-state index contributed by atoms with van der Waals surface area (Å²) in [5.74, 6) is -0.211. The summed E-state index contributed by atoms with van der Waals surface area (Å²) in [4.78, 5) is 24.5. The van der Waals surface area contributed by atoms with E-state index in [0.29, 0.717) is 6.54 Å². The van der Waals surface area contributed by atoms with E-state index >= 15 is 0 Å². The van der Waals surface area contributed by atoms with Gasteiger partial charge >= 0.3 is 0 Å². The van der Waals surface area contributed by atoms with Gasteiger partial charge in [-0.15, -0.1) is 0 Å². The van der Waals surface area contributed by atoms with Crippen LogP contribution in [0.25, 0.3) is 0 Å². The molecule has 5 heteroatoms. The molecular formula is C13H27N3O2. The molecule has 0 aromatic rings. The molecule has 106 valence electrons. The summed E-state index contributed by atoms with van der Waals surface area (Å²) in [6, 6.07) is -0.302. The highest BCUT2D eigenvalue weighted by Crippen LogP contribution is 2.16. The van der Waals surface area contributed by atoms with Gasteiger partial charge in [-0.1, -0.05) is 20.3 Å². The average Bonchev–Trinajstić information content (AvgIpc) is 2.76. The highest BCUT2D eigenvalue weighted by Gasteiger charge is 2.30. The Morgan fingerprint density at radius 1 is 1.44 bits per heavy atom. The van der Waals surface area contributed by atoms with Crippen molar-refractivity contribution >= 4 is 11.8 Å². The van der Waals surface area contributed by atoms with E-state index in [9.17, 15) is 9.59 Å². The molecule has 1 heterocycles. The topological polar surface area (TPSA) is 75.4 Å². The Bertz CT molecular complexity index is 269. The maximum absolute atomic E-state index is 11.9. The Balaban J connectivity index is 0.000000873. The van der Waals surface area contributed by atoms with Crippen molar-refractivity contribution < 1.29 is 9.59 Å². The molecule has 1 fully saturated rings. The smallest absolute Gasteiger partial charge is 0.245 e. The first kappa shape index (κ1) is 16.9. The lowest BCUT2D eigenvalue weighted by molar-refractivity contribution is -0.136. The van der Waals surface area contributed by atoms with Gasteiger partial charge in [0, 0.05) is 26.1 Å². The molecule has 5 nitrogen and oxygen atoms in total. The minimum atomic E-state index is -0.449. The number of hydrogen-bond donors (Lipinski definition) is 2. The summed E-state index contributed by atoms with van der Waals surface area (Å²) < 4.78 is 0. The van der Waals surface area contributed by atoms with E-state index in [1.54, 1.807) is 11.8 Å². The summed E-state index contributed by atoms with van der Waals surface area (Å²) in [6.07, 6.45) is 3.22. The van der Waals surface area contributed by atoms with E-state index in [-0.39, 0.29) is 17.9 Å². The molecule has 3 N–H and O–H groups in total. The third kappa shape index (κ3) is 5.49. The molecule has 2 atom stereocenters. The van der Waals surface area contributed by atoms with Gasteiger partial charge in [0.25, 0.3) is 0 Å². The Morgan fingerprint density at radius 2 is 2.00 bits per heavy atom. The number of likely N-dealkylation sites (tertiary alicyclic amines) is 1. The first-order valence-corrected chi connectivity index (χ1v) is 6.75. The van der Waals surface area contributed by atoms with Crippen molar-refractivity contribution in [3.05, 3.63) is 0 Å². The van der Waals surface area contributed by atoms with Gasteiger partial charge < -0.3 is 16.0 Å². The minimum absolute atomic E-state index is 0.0295. The summed E-state index contributed by atoms with van der Waals surface area (Å²) in [5, 5.41) is 2.59. The van der Waals surface area contributed by atoms with Crippen molar-refractivity contribution in [3.63, 3.8) is 0 Å². The van der Waals surface area contributed by atoms with Gasteiger partial charge in [0.2, 0.25) is 11.8 Å². The number of carbonyl (C=O) groups excluding carboxylic acids is 2. The van der Waals surface area contributed by atoms with Crippen molar-refractivity contribution in [3.8, 4) is 0 Å². The highest BCUT2D eigenvalue weighted by atomic mass is 16.2. The predicted octanol–water partition coefficient (Wildman–Crippen LogP) is 0.877. The normalized spacial score (nSPS) is 19.8. The van der Waals surface area contributed by atoms with Gasteiger partial charge in [0.05, 0.1) is 0 Å². The number of rotatable bonds is 3. The summed E-state index contributed by atoms with van der Waals surface area (Å²) in [7, 11) is 0. The SMILES string of the molecule is CC(=O)N[C@@H](C)C(=O)N1CCC[C@H]1CN.CCC. The molecule has 0 aromatic carbocycles. The van der Waals surface area contributed by atoms with Crippen LogP contribution in [-0.2, 0) is 9.59 Å². The number of nitrogens with one attached hydrogen (secondary N) is 1. The molecule has 1 saturated heterocycles. The molecule has 0 aromatic heterocycles. The van der Waals surface area contributed by atoms with Crippen molar-refractivity contribution in [1.82, 2.24) is 10.2 Å². The maximum atomic E-state index is 11.9. The second kappa shape index (κ2) is 8.91. The lowest BCUT2D eigenvalue weighted by atomic mass is 10.2. The van der Waals surface area contributed by atoms with Gasteiger partial charge in [0.1, 0.15) is 6.04 Å². The van der Waals surface area contributed by atoms with Crippen LogP contribution >= 0.6 is 0 Å². The Hall–Kier alpha value is -1.10. The minimum Gasteiger partial charge on any atom is -0.345 e. The zero-order valence-corrected chi connectivity index (χ0v) is 12.0. The number of hydrogen-bond acceptors (Lipinski definition) is 3. The standard InChI is InChI=1S/C10H19N3O2.C3H8/c1-7(12-8(2)14)10(15)13-5-3-4-9(13)6-11;1-3-2/h7,9H,3-6,11H2,1-2H3,(H,12,14);3H2,1-2H3/t7-,9-;/m0./s1. The predicted molar refractivity (Wildman–Crippen MR) is 73.0 cm³/mol. The third-order valence-electron chi connectivity index (χ3n) is 2.72. The van der Waals surface area contributed by atoms with E-state index in [4.69, 9.17) is 5.73 Å². The first-order chi connectivity index (χ1) is 8.47. The van der Waals surface area contributed by atoms with E-state index in [2.05, 4.69) is 19.2 Å². The molecule has 0 bridgehead atoms. The van der Waals surface area contributed by atoms with Gasteiger partial charge in [-0.25, -0.2) is 0 Å². The monoisotopic (exact) mass is 257 g/mol. The van der Waals surface area contributed by atoms with Crippen LogP contribution in [0, 0.1) is 0 Å². The molecule has 0 unspecified atom stereocenters. The summed E-state index contributed by atoms with van der Waals surface area (Å²) in [5.41, 5.74) is 5.58. The second-order valence-corrected chi connectivity index (χ2v) is 4.69. The first-order valence-electron chi connectivity index (χ1n) is 6.75. The molecule has 18 heavy (non-hydrogen) atoms. The molecule has 2 amide bonds. The van der Waals surface area contributed by atoms with Gasteiger partial charge in [-0.3, -0.25) is 9.59 Å². The number of amides is 2. The molecule has 0 spiro atoms. The molecule has 1 aliphatic rings. The van der Waals surface area contributed by atoms with E-state index in [1.165, 1.54) is 13.3 Å². The van der Waals surface area contributed by atoms with E-state index in [1.807, 2.05) is 0 Å². The molecule has 0 saturated carbocycles. The summed E-state index contributed by atoms with van der Waals surface area (Å²) in [6.45, 7) is 8.62. The van der Waals surface area contributed by atoms with Gasteiger partial charge in [-0.2, -0.15) is 0 Å². The highest BCUT2D eigenvalue weighted by molar-refractivity contribution is 5.86. The quantitative estimate of drug-likeness (QED) is 0.788. The molecule has 0 radical (unpaired) electrons.